The fourth-order valence-electron chi connectivity index (χ4n) is 2.46. The first-order valence-corrected chi connectivity index (χ1v) is 5.60. The Morgan fingerprint density at radius 2 is 2.06 bits per heavy atom. The van der Waals surface area contributed by atoms with Gasteiger partial charge in [-0.2, -0.15) is 0 Å². The summed E-state index contributed by atoms with van der Waals surface area (Å²) in [6.45, 7) is 0.324. The standard InChI is InChI=1S/C12H11N3O3/c13-7-3-1-2-6-5-15(12(18)10(6)7)8-4-9(16)14-11(8)17/h1-3,8H,4-5,13H2,(H,14,16,17). The fraction of sp³-hybridized carbons (Fsp3) is 0.250. The lowest BCUT2D eigenvalue weighted by atomic mass is 10.1. The number of carbonyl (C=O) groups is 3. The van der Waals surface area contributed by atoms with Gasteiger partial charge in [-0.3, -0.25) is 19.7 Å². The predicted octanol–water partition coefficient (Wildman–Crippen LogP) is -0.360. The molecule has 1 saturated heterocycles. The number of hydrogen-bond donors (Lipinski definition) is 2. The summed E-state index contributed by atoms with van der Waals surface area (Å²) in [5.74, 6) is -1.04. The smallest absolute Gasteiger partial charge is 0.257 e. The van der Waals surface area contributed by atoms with Crippen LogP contribution in [0.5, 0.6) is 0 Å². The van der Waals surface area contributed by atoms with Gasteiger partial charge in [-0.1, -0.05) is 12.1 Å². The van der Waals surface area contributed by atoms with Gasteiger partial charge in [-0.05, 0) is 11.6 Å². The molecule has 2 heterocycles. The van der Waals surface area contributed by atoms with Crippen molar-refractivity contribution in [2.24, 2.45) is 0 Å². The fourth-order valence-corrected chi connectivity index (χ4v) is 2.46. The van der Waals surface area contributed by atoms with Gasteiger partial charge < -0.3 is 10.6 Å². The van der Waals surface area contributed by atoms with E-state index in [9.17, 15) is 14.4 Å². The molecular weight excluding hydrogens is 234 g/mol. The summed E-state index contributed by atoms with van der Waals surface area (Å²) < 4.78 is 0. The molecule has 6 heteroatoms. The van der Waals surface area contributed by atoms with Gasteiger partial charge in [0, 0.05) is 12.2 Å². The van der Waals surface area contributed by atoms with Crippen LogP contribution in [0.2, 0.25) is 0 Å². The number of imide groups is 1. The molecule has 0 spiro atoms. The molecule has 0 bridgehead atoms. The lowest BCUT2D eigenvalue weighted by Crippen LogP contribution is -2.40. The molecule has 3 N–H and O–H groups in total. The van der Waals surface area contributed by atoms with Crippen LogP contribution in [-0.2, 0) is 16.1 Å². The van der Waals surface area contributed by atoms with E-state index >= 15 is 0 Å². The number of hydrogen-bond acceptors (Lipinski definition) is 4. The summed E-state index contributed by atoms with van der Waals surface area (Å²) in [5, 5.41) is 2.20. The number of benzene rings is 1. The SMILES string of the molecule is Nc1cccc2c1C(=O)N(C1CC(=O)NC1=O)C2. The van der Waals surface area contributed by atoms with Crippen molar-refractivity contribution in [2.75, 3.05) is 5.73 Å². The number of nitrogens with one attached hydrogen (secondary N) is 1. The van der Waals surface area contributed by atoms with Crippen molar-refractivity contribution in [1.29, 1.82) is 0 Å². The van der Waals surface area contributed by atoms with Gasteiger partial charge >= 0.3 is 0 Å². The third kappa shape index (κ3) is 1.38. The van der Waals surface area contributed by atoms with Crippen LogP contribution in [0, 0.1) is 0 Å². The van der Waals surface area contributed by atoms with E-state index < -0.39 is 11.9 Å². The van der Waals surface area contributed by atoms with E-state index in [1.54, 1.807) is 18.2 Å². The zero-order valence-corrected chi connectivity index (χ0v) is 9.47. The van der Waals surface area contributed by atoms with Gasteiger partial charge in [0.1, 0.15) is 6.04 Å². The Labute approximate surface area is 103 Å². The molecule has 2 aliphatic heterocycles. The molecule has 92 valence electrons. The van der Waals surface area contributed by atoms with E-state index in [4.69, 9.17) is 5.73 Å². The van der Waals surface area contributed by atoms with Crippen molar-refractivity contribution in [3.05, 3.63) is 29.3 Å². The largest absolute Gasteiger partial charge is 0.398 e. The molecule has 1 atom stereocenters. The van der Waals surface area contributed by atoms with Crippen molar-refractivity contribution in [1.82, 2.24) is 10.2 Å². The maximum Gasteiger partial charge on any atom is 0.257 e. The molecule has 1 fully saturated rings. The number of nitrogens with two attached hydrogens (primary N) is 1. The van der Waals surface area contributed by atoms with Crippen LogP contribution in [0.3, 0.4) is 0 Å². The van der Waals surface area contributed by atoms with Crippen LogP contribution < -0.4 is 11.1 Å². The van der Waals surface area contributed by atoms with Gasteiger partial charge in [0.05, 0.1) is 12.0 Å². The van der Waals surface area contributed by atoms with Crippen molar-refractivity contribution < 1.29 is 14.4 Å². The molecule has 0 aromatic heterocycles. The molecule has 3 amide bonds. The first kappa shape index (κ1) is 10.8. The summed E-state index contributed by atoms with van der Waals surface area (Å²) >= 11 is 0. The molecule has 1 aromatic carbocycles. The van der Waals surface area contributed by atoms with E-state index in [1.165, 1.54) is 4.90 Å². The van der Waals surface area contributed by atoms with Gasteiger partial charge in [-0.15, -0.1) is 0 Å². The van der Waals surface area contributed by atoms with E-state index in [1.807, 2.05) is 0 Å². The Hall–Kier alpha value is -2.37. The average molecular weight is 245 g/mol. The number of rotatable bonds is 1. The summed E-state index contributed by atoms with van der Waals surface area (Å²) in [6, 6.07) is 4.51. The van der Waals surface area contributed by atoms with E-state index in [2.05, 4.69) is 5.32 Å². The van der Waals surface area contributed by atoms with Gasteiger partial charge in [0.25, 0.3) is 5.91 Å². The third-order valence-electron chi connectivity index (χ3n) is 3.32. The monoisotopic (exact) mass is 245 g/mol. The first-order valence-electron chi connectivity index (χ1n) is 5.60. The Morgan fingerprint density at radius 3 is 2.67 bits per heavy atom. The quantitative estimate of drug-likeness (QED) is 0.522. The van der Waals surface area contributed by atoms with Crippen LogP contribution in [0.25, 0.3) is 0 Å². The van der Waals surface area contributed by atoms with Gasteiger partial charge in [0.15, 0.2) is 0 Å². The Bertz CT molecular complexity index is 582. The highest BCUT2D eigenvalue weighted by Crippen LogP contribution is 2.30. The first-order chi connectivity index (χ1) is 8.58. The molecule has 1 aromatic rings. The highest BCUT2D eigenvalue weighted by molar-refractivity contribution is 6.10. The second-order valence-corrected chi connectivity index (χ2v) is 4.45. The summed E-state index contributed by atoms with van der Waals surface area (Å²) in [7, 11) is 0. The van der Waals surface area contributed by atoms with Crippen LogP contribution >= 0.6 is 0 Å². The minimum Gasteiger partial charge on any atom is -0.398 e. The van der Waals surface area contributed by atoms with Gasteiger partial charge in [-0.25, -0.2) is 0 Å². The molecular formula is C12H11N3O3. The highest BCUT2D eigenvalue weighted by atomic mass is 16.2. The van der Waals surface area contributed by atoms with E-state index in [0.29, 0.717) is 17.8 Å². The highest BCUT2D eigenvalue weighted by Gasteiger charge is 2.42. The van der Waals surface area contributed by atoms with Crippen LogP contribution in [0.1, 0.15) is 22.3 Å². The van der Waals surface area contributed by atoms with Crippen molar-refractivity contribution in [2.45, 2.75) is 19.0 Å². The number of amides is 3. The number of nitrogens with zero attached hydrogens (tertiary/aromatic N) is 1. The molecule has 0 saturated carbocycles. The van der Waals surface area contributed by atoms with Gasteiger partial charge in [0.2, 0.25) is 11.8 Å². The summed E-state index contributed by atoms with van der Waals surface area (Å²) in [5.41, 5.74) is 7.42. The summed E-state index contributed by atoms with van der Waals surface area (Å²) in [4.78, 5) is 36.4. The predicted molar refractivity (Wildman–Crippen MR) is 62.3 cm³/mol. The molecule has 1 unspecified atom stereocenters. The zero-order valence-electron chi connectivity index (χ0n) is 9.47. The number of fused-ring (bicyclic) bond motifs is 1. The maximum absolute atomic E-state index is 12.2. The van der Waals surface area contributed by atoms with Crippen LogP contribution in [0.4, 0.5) is 5.69 Å². The molecule has 2 aliphatic rings. The Morgan fingerprint density at radius 1 is 1.28 bits per heavy atom. The Kier molecular flexibility index (Phi) is 2.13. The lowest BCUT2D eigenvalue weighted by Gasteiger charge is -2.20. The molecule has 6 nitrogen and oxygen atoms in total. The second-order valence-electron chi connectivity index (χ2n) is 4.45. The number of carbonyl (C=O) groups excluding carboxylic acids is 3. The molecule has 3 rings (SSSR count). The van der Waals surface area contributed by atoms with Crippen molar-refractivity contribution in [3.63, 3.8) is 0 Å². The van der Waals surface area contributed by atoms with E-state index in [-0.39, 0.29) is 18.2 Å². The van der Waals surface area contributed by atoms with Crippen LogP contribution in [0.15, 0.2) is 18.2 Å². The molecule has 18 heavy (non-hydrogen) atoms. The molecule has 0 radical (unpaired) electrons. The summed E-state index contributed by atoms with van der Waals surface area (Å²) in [6.07, 6.45) is 0.0263. The minimum atomic E-state index is -0.711. The molecule has 0 aliphatic carbocycles. The van der Waals surface area contributed by atoms with E-state index in [0.717, 1.165) is 5.56 Å². The average Bonchev–Trinajstić information content (AvgIpc) is 2.80. The Balaban J connectivity index is 1.96. The third-order valence-corrected chi connectivity index (χ3v) is 3.32. The van der Waals surface area contributed by atoms with Crippen molar-refractivity contribution in [3.8, 4) is 0 Å². The minimum absolute atomic E-state index is 0.0263. The zero-order chi connectivity index (χ0) is 12.9. The second kappa shape index (κ2) is 3.56. The maximum atomic E-state index is 12.2. The number of nitrogen functional groups attached to an aromatic ring is 1. The number of anilines is 1. The normalized spacial score (nSPS) is 22.3. The van der Waals surface area contributed by atoms with Crippen LogP contribution in [-0.4, -0.2) is 28.7 Å². The van der Waals surface area contributed by atoms with Crippen molar-refractivity contribution >= 4 is 23.4 Å². The lowest BCUT2D eigenvalue weighted by molar-refractivity contribution is -0.126. The topological polar surface area (TPSA) is 92.5 Å².